The van der Waals surface area contributed by atoms with Gasteiger partial charge in [-0.25, -0.2) is 0 Å². The molecule has 0 saturated heterocycles. The molecule has 0 bridgehead atoms. The molecule has 1 N–H and O–H groups in total. The van der Waals surface area contributed by atoms with Gasteiger partial charge in [0.05, 0.1) is 11.1 Å². The fourth-order valence-electron chi connectivity index (χ4n) is 1.65. The second-order valence-corrected chi connectivity index (χ2v) is 4.47. The van der Waals surface area contributed by atoms with Crippen LogP contribution in [0.3, 0.4) is 0 Å². The van der Waals surface area contributed by atoms with Crippen LogP contribution in [0.1, 0.15) is 16.1 Å². The lowest BCUT2D eigenvalue weighted by molar-refractivity contribution is 0.0964. The number of aromatic nitrogens is 1. The Morgan fingerprint density at radius 3 is 2.81 bits per heavy atom. The molecule has 2 rings (SSSR count). The lowest BCUT2D eigenvalue weighted by atomic mass is 10.1. The fraction of sp³-hybridized carbons (Fsp3) is 0.167. The zero-order valence-corrected chi connectivity index (χ0v) is 10.6. The molecule has 1 heterocycles. The second kappa shape index (κ2) is 4.22. The van der Waals surface area contributed by atoms with E-state index in [-0.39, 0.29) is 5.91 Å². The number of pyridine rings is 1. The first-order valence-electron chi connectivity index (χ1n) is 4.91. The number of hydrogen-bond acceptors (Lipinski definition) is 2. The standard InChI is InChI=1S/C12H11BrN2O/c1-7-5-10(12(16)14-2)9-6-8(13)3-4-11(9)15-7/h3-6H,1-2H3,(H,14,16). The summed E-state index contributed by atoms with van der Waals surface area (Å²) in [6.07, 6.45) is 0. The van der Waals surface area contributed by atoms with Gasteiger partial charge >= 0.3 is 0 Å². The van der Waals surface area contributed by atoms with Gasteiger partial charge in [-0.3, -0.25) is 9.78 Å². The Bertz CT molecular complexity index is 566. The van der Waals surface area contributed by atoms with Crippen LogP contribution >= 0.6 is 15.9 Å². The molecule has 0 aliphatic carbocycles. The number of fused-ring (bicyclic) bond motifs is 1. The van der Waals surface area contributed by atoms with Crippen molar-refractivity contribution >= 4 is 32.7 Å². The zero-order valence-electron chi connectivity index (χ0n) is 9.04. The van der Waals surface area contributed by atoms with Gasteiger partial charge in [0, 0.05) is 22.6 Å². The first-order valence-corrected chi connectivity index (χ1v) is 5.70. The van der Waals surface area contributed by atoms with Crippen molar-refractivity contribution < 1.29 is 4.79 Å². The van der Waals surface area contributed by atoms with Gasteiger partial charge in [-0.05, 0) is 31.2 Å². The van der Waals surface area contributed by atoms with Crippen molar-refractivity contribution in [1.82, 2.24) is 10.3 Å². The van der Waals surface area contributed by atoms with Crippen molar-refractivity contribution in [2.75, 3.05) is 7.05 Å². The van der Waals surface area contributed by atoms with Crippen molar-refractivity contribution in [1.29, 1.82) is 0 Å². The van der Waals surface area contributed by atoms with Gasteiger partial charge in [-0.15, -0.1) is 0 Å². The predicted octanol–water partition coefficient (Wildman–Crippen LogP) is 2.67. The highest BCUT2D eigenvalue weighted by molar-refractivity contribution is 9.10. The molecule has 0 radical (unpaired) electrons. The molecule has 0 aliphatic heterocycles. The molecular weight excluding hydrogens is 268 g/mol. The van der Waals surface area contributed by atoms with Crippen molar-refractivity contribution in [3.63, 3.8) is 0 Å². The highest BCUT2D eigenvalue weighted by Crippen LogP contribution is 2.22. The number of rotatable bonds is 1. The number of aryl methyl sites for hydroxylation is 1. The highest BCUT2D eigenvalue weighted by Gasteiger charge is 2.10. The third-order valence-electron chi connectivity index (χ3n) is 2.37. The molecule has 0 fully saturated rings. The van der Waals surface area contributed by atoms with Crippen molar-refractivity contribution in [3.8, 4) is 0 Å². The molecule has 0 saturated carbocycles. The van der Waals surface area contributed by atoms with Crippen molar-refractivity contribution in [3.05, 3.63) is 40.0 Å². The Hall–Kier alpha value is -1.42. The Morgan fingerprint density at radius 2 is 2.12 bits per heavy atom. The molecule has 0 unspecified atom stereocenters. The number of amides is 1. The van der Waals surface area contributed by atoms with Gasteiger partial charge in [0.25, 0.3) is 5.91 Å². The molecule has 3 nitrogen and oxygen atoms in total. The van der Waals surface area contributed by atoms with Crippen LogP contribution in [-0.4, -0.2) is 17.9 Å². The summed E-state index contributed by atoms with van der Waals surface area (Å²) in [5.74, 6) is -0.0893. The lowest BCUT2D eigenvalue weighted by Crippen LogP contribution is -2.18. The summed E-state index contributed by atoms with van der Waals surface area (Å²) in [5, 5.41) is 3.50. The summed E-state index contributed by atoms with van der Waals surface area (Å²) >= 11 is 3.40. The normalized spacial score (nSPS) is 10.4. The molecule has 0 spiro atoms. The average Bonchev–Trinajstić information content (AvgIpc) is 2.27. The van der Waals surface area contributed by atoms with Crippen LogP contribution in [0.15, 0.2) is 28.7 Å². The lowest BCUT2D eigenvalue weighted by Gasteiger charge is -2.06. The summed E-state index contributed by atoms with van der Waals surface area (Å²) in [5.41, 5.74) is 2.33. The van der Waals surface area contributed by atoms with E-state index in [2.05, 4.69) is 26.2 Å². The van der Waals surface area contributed by atoms with Gasteiger partial charge in [-0.2, -0.15) is 0 Å². The molecule has 1 amide bonds. The van der Waals surface area contributed by atoms with E-state index in [9.17, 15) is 4.79 Å². The van der Waals surface area contributed by atoms with Crippen LogP contribution in [0, 0.1) is 6.92 Å². The third kappa shape index (κ3) is 1.93. The van der Waals surface area contributed by atoms with Gasteiger partial charge in [0.2, 0.25) is 0 Å². The number of nitrogens with one attached hydrogen (secondary N) is 1. The Kier molecular flexibility index (Phi) is 2.92. The van der Waals surface area contributed by atoms with E-state index in [1.807, 2.05) is 25.1 Å². The van der Waals surface area contributed by atoms with Crippen molar-refractivity contribution in [2.45, 2.75) is 6.92 Å². The Balaban J connectivity index is 2.79. The molecule has 0 atom stereocenters. The Labute approximate surface area is 102 Å². The topological polar surface area (TPSA) is 42.0 Å². The first kappa shape index (κ1) is 11.1. The number of halogens is 1. The van der Waals surface area contributed by atoms with Crippen LogP contribution in [0.4, 0.5) is 0 Å². The number of carbonyl (C=O) groups excluding carboxylic acids is 1. The molecular formula is C12H11BrN2O. The molecule has 1 aromatic heterocycles. The van der Waals surface area contributed by atoms with E-state index >= 15 is 0 Å². The maximum Gasteiger partial charge on any atom is 0.251 e. The van der Waals surface area contributed by atoms with E-state index in [4.69, 9.17) is 0 Å². The quantitative estimate of drug-likeness (QED) is 0.872. The summed E-state index contributed by atoms with van der Waals surface area (Å²) in [7, 11) is 1.63. The largest absolute Gasteiger partial charge is 0.355 e. The minimum Gasteiger partial charge on any atom is -0.355 e. The van der Waals surface area contributed by atoms with E-state index in [0.717, 1.165) is 21.1 Å². The average molecular weight is 279 g/mol. The summed E-state index contributed by atoms with van der Waals surface area (Å²) in [6, 6.07) is 7.53. The van der Waals surface area contributed by atoms with Gasteiger partial charge < -0.3 is 5.32 Å². The summed E-state index contributed by atoms with van der Waals surface area (Å²) < 4.78 is 0.941. The number of benzene rings is 1. The van der Waals surface area contributed by atoms with Crippen LogP contribution in [0.25, 0.3) is 10.9 Å². The SMILES string of the molecule is CNC(=O)c1cc(C)nc2ccc(Br)cc12. The maximum atomic E-state index is 11.7. The van der Waals surface area contributed by atoms with E-state index in [0.29, 0.717) is 5.56 Å². The van der Waals surface area contributed by atoms with Gasteiger partial charge in [-0.1, -0.05) is 15.9 Å². The van der Waals surface area contributed by atoms with Gasteiger partial charge in [0.15, 0.2) is 0 Å². The van der Waals surface area contributed by atoms with Crippen LogP contribution in [0.2, 0.25) is 0 Å². The van der Waals surface area contributed by atoms with E-state index in [1.54, 1.807) is 13.1 Å². The molecule has 0 aliphatic rings. The molecule has 16 heavy (non-hydrogen) atoms. The maximum absolute atomic E-state index is 11.7. The minimum absolute atomic E-state index is 0.0893. The smallest absolute Gasteiger partial charge is 0.251 e. The molecule has 2 aromatic rings. The van der Waals surface area contributed by atoms with Gasteiger partial charge in [0.1, 0.15) is 0 Å². The van der Waals surface area contributed by atoms with Crippen LogP contribution in [-0.2, 0) is 0 Å². The van der Waals surface area contributed by atoms with Crippen LogP contribution < -0.4 is 5.32 Å². The van der Waals surface area contributed by atoms with E-state index < -0.39 is 0 Å². The molecule has 4 heteroatoms. The number of hydrogen-bond donors (Lipinski definition) is 1. The fourth-order valence-corrected chi connectivity index (χ4v) is 2.01. The first-order chi connectivity index (χ1) is 7.61. The second-order valence-electron chi connectivity index (χ2n) is 3.55. The van der Waals surface area contributed by atoms with Crippen LogP contribution in [0.5, 0.6) is 0 Å². The number of carbonyl (C=O) groups is 1. The van der Waals surface area contributed by atoms with E-state index in [1.165, 1.54) is 0 Å². The minimum atomic E-state index is -0.0893. The third-order valence-corrected chi connectivity index (χ3v) is 2.86. The Morgan fingerprint density at radius 1 is 1.38 bits per heavy atom. The monoisotopic (exact) mass is 278 g/mol. The van der Waals surface area contributed by atoms with Crippen molar-refractivity contribution in [2.24, 2.45) is 0 Å². The number of nitrogens with zero attached hydrogens (tertiary/aromatic N) is 1. The molecule has 1 aromatic carbocycles. The zero-order chi connectivity index (χ0) is 11.7. The highest BCUT2D eigenvalue weighted by atomic mass is 79.9. The predicted molar refractivity (Wildman–Crippen MR) is 67.6 cm³/mol. The molecule has 82 valence electrons. The summed E-state index contributed by atoms with van der Waals surface area (Å²) in [6.45, 7) is 1.88. The summed E-state index contributed by atoms with van der Waals surface area (Å²) in [4.78, 5) is 16.1.